The van der Waals surface area contributed by atoms with Gasteiger partial charge in [-0.05, 0) is 123 Å². The van der Waals surface area contributed by atoms with Gasteiger partial charge in [-0.1, -0.05) is 66.2 Å². The molecule has 0 spiro atoms. The molecule has 7 rings (SSSR count). The van der Waals surface area contributed by atoms with Gasteiger partial charge in [0.2, 0.25) is 0 Å². The fourth-order valence-electron chi connectivity index (χ4n) is 8.38. The van der Waals surface area contributed by atoms with Crippen LogP contribution in [0.5, 0.6) is 0 Å². The van der Waals surface area contributed by atoms with Crippen molar-refractivity contribution in [1.29, 1.82) is 0 Å². The monoisotopic (exact) mass is 1010 g/mol. The number of alkyl halides is 3. The summed E-state index contributed by atoms with van der Waals surface area (Å²) in [5, 5.41) is 15.1. The second-order valence-electron chi connectivity index (χ2n) is 16.7. The number of amides is 1. The van der Waals surface area contributed by atoms with E-state index >= 15 is 0 Å². The number of halogens is 4. The summed E-state index contributed by atoms with van der Waals surface area (Å²) in [6, 6.07) is 34.5. The number of nitrogens with zero attached hydrogens (tertiary/aromatic N) is 3. The number of rotatable bonds is 19. The van der Waals surface area contributed by atoms with Crippen LogP contribution in [-0.2, 0) is 30.3 Å². The van der Waals surface area contributed by atoms with Gasteiger partial charge in [0.25, 0.3) is 15.7 Å². The molecule has 2 aliphatic heterocycles. The SMILES string of the molecule is CCO[P@](=O)(NC(=O)c1ccc(N2CCN(Cc3ccccc3-c3ccc(Cl)cc3)CC2)cc1)c1ccc(NC(CCN2CCC(C(=O)O)CC2)CSc2ccccc2)c(S(=O)(=O)C(F)(F)F)c1. The van der Waals surface area contributed by atoms with E-state index in [1.54, 1.807) is 24.3 Å². The molecule has 0 aliphatic carbocycles. The van der Waals surface area contributed by atoms with Gasteiger partial charge in [-0.25, -0.2) is 8.42 Å². The number of sulfone groups is 1. The van der Waals surface area contributed by atoms with Crippen LogP contribution in [-0.4, -0.2) is 105 Å². The Morgan fingerprint density at radius 1 is 0.868 bits per heavy atom. The van der Waals surface area contributed by atoms with Crippen LogP contribution in [0.4, 0.5) is 24.5 Å². The molecule has 0 radical (unpaired) electrons. The summed E-state index contributed by atoms with van der Waals surface area (Å²) in [5.74, 6) is -1.78. The quantitative estimate of drug-likeness (QED) is 0.0535. The third kappa shape index (κ3) is 12.9. The maximum absolute atomic E-state index is 14.5. The van der Waals surface area contributed by atoms with Crippen LogP contribution in [0.1, 0.15) is 42.1 Å². The Kier molecular flexibility index (Phi) is 17.0. The number of benzene rings is 5. The van der Waals surface area contributed by atoms with Crippen LogP contribution in [0, 0.1) is 5.92 Å². The Morgan fingerprint density at radius 2 is 1.53 bits per heavy atom. The smallest absolute Gasteiger partial charge is 0.481 e. The lowest BCUT2D eigenvalue weighted by molar-refractivity contribution is -0.143. The van der Waals surface area contributed by atoms with Crippen molar-refractivity contribution >= 4 is 69.3 Å². The number of likely N-dealkylation sites (tertiary alicyclic amines) is 1. The van der Waals surface area contributed by atoms with E-state index in [4.69, 9.17) is 16.1 Å². The Balaban J connectivity index is 1.05. The Labute approximate surface area is 404 Å². The number of hydrogen-bond donors (Lipinski definition) is 3. The van der Waals surface area contributed by atoms with E-state index in [1.165, 1.54) is 30.3 Å². The number of hydrogen-bond acceptors (Lipinski definition) is 11. The van der Waals surface area contributed by atoms with Crippen molar-refractivity contribution in [1.82, 2.24) is 14.9 Å². The fraction of sp³-hybridized carbons (Fsp3) is 0.347. The van der Waals surface area contributed by atoms with Crippen LogP contribution < -0.4 is 20.6 Å². The summed E-state index contributed by atoms with van der Waals surface area (Å²) >= 11 is 7.56. The third-order valence-electron chi connectivity index (χ3n) is 12.2. The zero-order valence-corrected chi connectivity index (χ0v) is 40.7. The average Bonchev–Trinajstić information content (AvgIpc) is 3.33. The topological polar surface area (TPSA) is 149 Å². The third-order valence-corrected chi connectivity index (χ3v) is 17.2. The molecule has 2 saturated heterocycles. The summed E-state index contributed by atoms with van der Waals surface area (Å²) in [4.78, 5) is 31.6. The molecule has 19 heteroatoms. The molecule has 1 amide bonds. The number of thioether (sulfide) groups is 1. The summed E-state index contributed by atoms with van der Waals surface area (Å²) < 4.78 is 89.9. The molecule has 1 unspecified atom stereocenters. The minimum atomic E-state index is -6.03. The van der Waals surface area contributed by atoms with Gasteiger partial charge in [0.1, 0.15) is 4.90 Å². The standard InChI is InChI=1S/C49H54ClF3N5O7PS2/c1-2-65-66(62,55-47(59)36-14-18-41(19-15-36)58-30-28-57(29-31-58)33-38-8-6-7-11-44(38)35-12-16-39(50)17-13-35)42-20-21-45(46(32-42)68(63,64)49(51,52)53)54-40(34-67-43-9-4-3-5-10-43)24-27-56-25-22-37(23-26-56)48(60)61/h3-21,32,37,40,54H,2,22-31,33-34H2,1H3,(H,60,61)(H,55,59,62)/t40?,66-/m0/s1. The Bertz CT molecular complexity index is 2670. The predicted octanol–water partition coefficient (Wildman–Crippen LogP) is 9.67. The van der Waals surface area contributed by atoms with Crippen molar-refractivity contribution in [2.24, 2.45) is 5.92 Å². The molecule has 0 saturated carbocycles. The molecule has 5 aromatic rings. The second-order valence-corrected chi connectivity index (χ2v) is 22.3. The highest BCUT2D eigenvalue weighted by molar-refractivity contribution is 7.99. The number of aliphatic carboxylic acids is 1. The first-order valence-electron chi connectivity index (χ1n) is 22.4. The molecular weight excluding hydrogens is 958 g/mol. The van der Waals surface area contributed by atoms with Crippen LogP contribution in [0.3, 0.4) is 0 Å². The number of carboxylic acids is 1. The van der Waals surface area contributed by atoms with Crippen LogP contribution >= 0.6 is 30.9 Å². The van der Waals surface area contributed by atoms with Crippen LogP contribution in [0.15, 0.2) is 131 Å². The first-order valence-corrected chi connectivity index (χ1v) is 26.8. The zero-order valence-electron chi connectivity index (χ0n) is 37.4. The normalized spacial score (nSPS) is 16.8. The summed E-state index contributed by atoms with van der Waals surface area (Å²) in [7, 11) is -10.6. The minimum Gasteiger partial charge on any atom is -0.481 e. The predicted molar refractivity (Wildman–Crippen MR) is 263 cm³/mol. The van der Waals surface area contributed by atoms with E-state index in [1.807, 2.05) is 66.7 Å². The van der Waals surface area contributed by atoms with Crippen molar-refractivity contribution in [2.45, 2.75) is 54.1 Å². The maximum Gasteiger partial charge on any atom is 0.501 e. The van der Waals surface area contributed by atoms with E-state index in [9.17, 15) is 40.8 Å². The van der Waals surface area contributed by atoms with Crippen molar-refractivity contribution in [3.8, 4) is 11.1 Å². The molecule has 5 aromatic carbocycles. The molecule has 68 heavy (non-hydrogen) atoms. The van der Waals surface area contributed by atoms with Gasteiger partial charge in [0.15, 0.2) is 0 Å². The van der Waals surface area contributed by atoms with Crippen molar-refractivity contribution in [3.63, 3.8) is 0 Å². The van der Waals surface area contributed by atoms with Gasteiger partial charge in [0.05, 0.1) is 23.5 Å². The number of nitrogens with one attached hydrogen (secondary N) is 2. The minimum absolute atomic E-state index is 0.110. The fourth-order valence-corrected chi connectivity index (χ4v) is 12.2. The van der Waals surface area contributed by atoms with Crippen LogP contribution in [0.25, 0.3) is 11.1 Å². The number of carbonyl (C=O) groups is 2. The lowest BCUT2D eigenvalue weighted by Crippen LogP contribution is -2.46. The highest BCUT2D eigenvalue weighted by atomic mass is 35.5. The number of anilines is 2. The molecule has 12 nitrogen and oxygen atoms in total. The Hall–Kier alpha value is -4.87. The largest absolute Gasteiger partial charge is 0.501 e. The molecule has 0 bridgehead atoms. The van der Waals surface area contributed by atoms with Crippen molar-refractivity contribution in [2.75, 3.05) is 68.4 Å². The lowest BCUT2D eigenvalue weighted by Gasteiger charge is -2.36. The second kappa shape index (κ2) is 22.7. The number of piperazine rings is 1. The molecule has 2 fully saturated rings. The first-order chi connectivity index (χ1) is 32.5. The Morgan fingerprint density at radius 3 is 2.18 bits per heavy atom. The van der Waals surface area contributed by atoms with E-state index in [-0.39, 0.29) is 17.9 Å². The number of carboxylic acid groups (broad SMARTS) is 1. The lowest BCUT2D eigenvalue weighted by atomic mass is 9.97. The van der Waals surface area contributed by atoms with Gasteiger partial charge in [-0.2, -0.15) is 13.2 Å². The highest BCUT2D eigenvalue weighted by Crippen LogP contribution is 2.44. The summed E-state index contributed by atoms with van der Waals surface area (Å²) in [5.41, 5.74) is -1.66. The molecule has 362 valence electrons. The van der Waals surface area contributed by atoms with Gasteiger partial charge in [-0.15, -0.1) is 11.8 Å². The summed E-state index contributed by atoms with van der Waals surface area (Å²) in [6.07, 6.45) is 1.31. The zero-order chi connectivity index (χ0) is 48.5. The van der Waals surface area contributed by atoms with E-state index in [0.717, 1.165) is 60.5 Å². The van der Waals surface area contributed by atoms with Crippen LogP contribution in [0.2, 0.25) is 5.02 Å². The molecule has 0 aromatic heterocycles. The molecule has 2 atom stereocenters. The van der Waals surface area contributed by atoms with Gasteiger partial charge in [0, 0.05) is 72.2 Å². The van der Waals surface area contributed by atoms with E-state index < -0.39 is 56.9 Å². The van der Waals surface area contributed by atoms with Gasteiger partial charge < -0.3 is 24.7 Å². The van der Waals surface area contributed by atoms with Gasteiger partial charge in [-0.3, -0.25) is 24.1 Å². The number of piperidine rings is 1. The summed E-state index contributed by atoms with van der Waals surface area (Å²) in [6.45, 7) is 6.60. The van der Waals surface area contributed by atoms with E-state index in [2.05, 4.69) is 37.2 Å². The molecule has 3 N–H and O–H groups in total. The van der Waals surface area contributed by atoms with Crippen molar-refractivity contribution in [3.05, 3.63) is 137 Å². The molecule has 2 heterocycles. The first kappa shape index (κ1) is 51.0. The number of carbonyl (C=O) groups excluding carboxylic acids is 1. The highest BCUT2D eigenvalue weighted by Gasteiger charge is 2.49. The molecular formula is C49H54ClF3N5O7PS2. The maximum atomic E-state index is 14.5. The van der Waals surface area contributed by atoms with Crippen molar-refractivity contribution < 1.29 is 45.4 Å². The van der Waals surface area contributed by atoms with Gasteiger partial charge >= 0.3 is 19.0 Å². The van der Waals surface area contributed by atoms with E-state index in [0.29, 0.717) is 55.7 Å². The molecule has 2 aliphatic rings. The average molecular weight is 1010 g/mol.